The molecular formula is C12H10ClF3N2OS2. The summed E-state index contributed by atoms with van der Waals surface area (Å²) in [5, 5.41) is 2.03. The number of hydrogen-bond acceptors (Lipinski definition) is 4. The molecule has 2 rings (SSSR count). The number of aromatic nitrogens is 1. The largest absolute Gasteiger partial charge is 0.406 e. The second-order valence-electron chi connectivity index (χ2n) is 4.08. The Labute approximate surface area is 132 Å². The minimum absolute atomic E-state index is 0.0191. The van der Waals surface area contributed by atoms with Gasteiger partial charge in [-0.05, 0) is 19.1 Å². The van der Waals surface area contributed by atoms with E-state index in [1.165, 1.54) is 35.0 Å². The van der Waals surface area contributed by atoms with Crippen LogP contribution in [-0.2, 0) is 0 Å². The Bertz CT molecular complexity index is 638. The fraction of sp³-hybridized carbons (Fsp3) is 0.333. The zero-order chi connectivity index (χ0) is 15.6. The van der Waals surface area contributed by atoms with E-state index < -0.39 is 18.6 Å². The minimum Gasteiger partial charge on any atom is -0.328 e. The highest BCUT2D eigenvalue weighted by molar-refractivity contribution is 7.23. The Morgan fingerprint density at radius 1 is 1.43 bits per heavy atom. The van der Waals surface area contributed by atoms with E-state index in [4.69, 9.17) is 11.6 Å². The fourth-order valence-electron chi connectivity index (χ4n) is 1.62. The summed E-state index contributed by atoms with van der Waals surface area (Å²) >= 11 is 8.32. The SMILES string of the molecule is CCN(CC(F)(F)F)C(=O)c1csc(-c2ccc(Cl)s2)n1. The van der Waals surface area contributed by atoms with E-state index in [2.05, 4.69) is 4.98 Å². The average Bonchev–Trinajstić information content (AvgIpc) is 3.02. The maximum atomic E-state index is 12.4. The van der Waals surface area contributed by atoms with Gasteiger partial charge in [-0.2, -0.15) is 13.2 Å². The Kier molecular flexibility index (Phi) is 4.90. The van der Waals surface area contributed by atoms with E-state index in [9.17, 15) is 18.0 Å². The molecular weight excluding hydrogens is 345 g/mol. The van der Waals surface area contributed by atoms with Crippen molar-refractivity contribution in [2.75, 3.05) is 13.1 Å². The first-order valence-corrected chi connectivity index (χ1v) is 7.95. The first kappa shape index (κ1) is 16.3. The number of amides is 1. The Morgan fingerprint density at radius 3 is 2.67 bits per heavy atom. The maximum Gasteiger partial charge on any atom is 0.406 e. The van der Waals surface area contributed by atoms with Crippen LogP contribution in [0.3, 0.4) is 0 Å². The Morgan fingerprint density at radius 2 is 2.14 bits per heavy atom. The third-order valence-corrected chi connectivity index (χ3v) is 4.79. The summed E-state index contributed by atoms with van der Waals surface area (Å²) in [5.41, 5.74) is 0.0191. The molecule has 0 aromatic carbocycles. The van der Waals surface area contributed by atoms with E-state index >= 15 is 0 Å². The van der Waals surface area contributed by atoms with Gasteiger partial charge in [-0.25, -0.2) is 4.98 Å². The molecule has 0 aliphatic rings. The second-order valence-corrected chi connectivity index (χ2v) is 6.65. The van der Waals surface area contributed by atoms with Crippen molar-refractivity contribution in [2.45, 2.75) is 13.1 Å². The molecule has 2 aromatic rings. The van der Waals surface area contributed by atoms with Gasteiger partial charge in [-0.3, -0.25) is 4.79 Å². The van der Waals surface area contributed by atoms with Gasteiger partial charge >= 0.3 is 6.18 Å². The van der Waals surface area contributed by atoms with Crippen molar-refractivity contribution in [3.8, 4) is 9.88 Å². The second kappa shape index (κ2) is 6.33. The van der Waals surface area contributed by atoms with Crippen molar-refractivity contribution >= 4 is 40.2 Å². The van der Waals surface area contributed by atoms with Gasteiger partial charge < -0.3 is 4.90 Å². The monoisotopic (exact) mass is 354 g/mol. The summed E-state index contributed by atoms with van der Waals surface area (Å²) in [5.74, 6) is -0.722. The molecule has 1 amide bonds. The van der Waals surface area contributed by atoms with Gasteiger partial charge in [0.1, 0.15) is 17.2 Å². The molecule has 3 nitrogen and oxygen atoms in total. The van der Waals surface area contributed by atoms with E-state index in [1.807, 2.05) is 0 Å². The summed E-state index contributed by atoms with van der Waals surface area (Å²) in [6.07, 6.45) is -4.42. The molecule has 2 aromatic heterocycles. The first-order chi connectivity index (χ1) is 9.80. The molecule has 0 bridgehead atoms. The van der Waals surface area contributed by atoms with Crippen LogP contribution in [0, 0.1) is 0 Å². The fourth-order valence-corrected chi connectivity index (χ4v) is 3.53. The predicted molar refractivity (Wildman–Crippen MR) is 78.1 cm³/mol. The average molecular weight is 355 g/mol. The van der Waals surface area contributed by atoms with E-state index in [0.717, 1.165) is 9.78 Å². The minimum atomic E-state index is -4.42. The first-order valence-electron chi connectivity index (χ1n) is 5.87. The molecule has 0 fully saturated rings. The number of thiophene rings is 1. The standard InChI is InChI=1S/C12H10ClF3N2OS2/c1-2-18(6-12(14,15)16)11(19)7-5-20-10(17-7)8-3-4-9(13)21-8/h3-5H,2,6H2,1H3. The smallest absolute Gasteiger partial charge is 0.328 e. The number of thiazole rings is 1. The molecule has 0 aliphatic heterocycles. The lowest BCUT2D eigenvalue weighted by atomic mass is 10.3. The van der Waals surface area contributed by atoms with Crippen LogP contribution in [0.15, 0.2) is 17.5 Å². The third-order valence-electron chi connectivity index (χ3n) is 2.55. The van der Waals surface area contributed by atoms with Crippen molar-refractivity contribution in [3.05, 3.63) is 27.5 Å². The number of nitrogens with zero attached hydrogens (tertiary/aromatic N) is 2. The summed E-state index contributed by atoms with van der Waals surface area (Å²) in [7, 11) is 0. The van der Waals surface area contributed by atoms with Gasteiger partial charge in [0.25, 0.3) is 5.91 Å². The summed E-state index contributed by atoms with van der Waals surface area (Å²) in [4.78, 5) is 17.7. The van der Waals surface area contributed by atoms with Crippen molar-refractivity contribution in [1.29, 1.82) is 0 Å². The van der Waals surface area contributed by atoms with Gasteiger partial charge in [0.15, 0.2) is 0 Å². The molecule has 0 spiro atoms. The van der Waals surface area contributed by atoms with Crippen LogP contribution in [0.2, 0.25) is 4.34 Å². The molecule has 0 radical (unpaired) electrons. The highest BCUT2D eigenvalue weighted by Crippen LogP contribution is 2.33. The number of rotatable bonds is 4. The molecule has 0 atom stereocenters. The molecule has 2 heterocycles. The van der Waals surface area contributed by atoms with E-state index in [1.54, 1.807) is 12.1 Å². The molecule has 0 saturated heterocycles. The van der Waals surface area contributed by atoms with Crippen LogP contribution in [0.1, 0.15) is 17.4 Å². The highest BCUT2D eigenvalue weighted by Gasteiger charge is 2.33. The van der Waals surface area contributed by atoms with Gasteiger partial charge in [0, 0.05) is 11.9 Å². The zero-order valence-electron chi connectivity index (χ0n) is 10.8. The maximum absolute atomic E-state index is 12.4. The summed E-state index contributed by atoms with van der Waals surface area (Å²) in [6.45, 7) is 0.187. The lowest BCUT2D eigenvalue weighted by Gasteiger charge is -2.21. The summed E-state index contributed by atoms with van der Waals surface area (Å²) < 4.78 is 37.8. The third kappa shape index (κ3) is 4.18. The van der Waals surface area contributed by atoms with Crippen molar-refractivity contribution in [3.63, 3.8) is 0 Å². The van der Waals surface area contributed by atoms with Gasteiger partial charge in [-0.15, -0.1) is 22.7 Å². The van der Waals surface area contributed by atoms with E-state index in [0.29, 0.717) is 9.34 Å². The van der Waals surface area contributed by atoms with Crippen LogP contribution < -0.4 is 0 Å². The number of carbonyl (C=O) groups is 1. The van der Waals surface area contributed by atoms with E-state index in [-0.39, 0.29) is 12.2 Å². The van der Waals surface area contributed by atoms with Crippen molar-refractivity contribution in [2.24, 2.45) is 0 Å². The number of carbonyl (C=O) groups excluding carboxylic acids is 1. The molecule has 0 unspecified atom stereocenters. The van der Waals surface area contributed by atoms with Crippen molar-refractivity contribution in [1.82, 2.24) is 9.88 Å². The van der Waals surface area contributed by atoms with Gasteiger partial charge in [0.05, 0.1) is 9.21 Å². The number of halogens is 4. The van der Waals surface area contributed by atoms with Crippen LogP contribution >= 0.6 is 34.3 Å². The molecule has 21 heavy (non-hydrogen) atoms. The molecule has 0 aliphatic carbocycles. The quantitative estimate of drug-likeness (QED) is 0.807. The number of hydrogen-bond donors (Lipinski definition) is 0. The predicted octanol–water partition coefficient (Wildman–Crippen LogP) is 4.55. The van der Waals surface area contributed by atoms with Crippen LogP contribution in [-0.4, -0.2) is 35.1 Å². The Hall–Kier alpha value is -1.12. The van der Waals surface area contributed by atoms with Crippen LogP contribution in [0.4, 0.5) is 13.2 Å². The topological polar surface area (TPSA) is 33.2 Å². The highest BCUT2D eigenvalue weighted by atomic mass is 35.5. The lowest BCUT2D eigenvalue weighted by molar-refractivity contribution is -0.140. The van der Waals surface area contributed by atoms with Gasteiger partial charge in [-0.1, -0.05) is 11.6 Å². The Balaban J connectivity index is 2.18. The molecule has 114 valence electrons. The normalized spacial score (nSPS) is 11.7. The van der Waals surface area contributed by atoms with Crippen molar-refractivity contribution < 1.29 is 18.0 Å². The van der Waals surface area contributed by atoms with Gasteiger partial charge in [0.2, 0.25) is 0 Å². The molecule has 0 N–H and O–H groups in total. The summed E-state index contributed by atoms with van der Waals surface area (Å²) in [6, 6.07) is 3.46. The van der Waals surface area contributed by atoms with Crippen LogP contribution in [0.25, 0.3) is 9.88 Å². The number of alkyl halides is 3. The lowest BCUT2D eigenvalue weighted by Crippen LogP contribution is -2.38. The molecule has 9 heteroatoms. The zero-order valence-corrected chi connectivity index (χ0v) is 13.2. The molecule has 0 saturated carbocycles. The van der Waals surface area contributed by atoms with Crippen LogP contribution in [0.5, 0.6) is 0 Å².